The van der Waals surface area contributed by atoms with Gasteiger partial charge in [0.15, 0.2) is 6.61 Å². The molecule has 2 aliphatic rings. The minimum absolute atomic E-state index is 0.290. The number of rotatable bonds is 5. The van der Waals surface area contributed by atoms with Crippen LogP contribution in [0.5, 0.6) is 0 Å². The molecule has 27 heavy (non-hydrogen) atoms. The summed E-state index contributed by atoms with van der Waals surface area (Å²) in [5.74, 6) is -2.41. The summed E-state index contributed by atoms with van der Waals surface area (Å²) in [5.41, 5.74) is 2.64. The van der Waals surface area contributed by atoms with Gasteiger partial charge in [0.25, 0.3) is 5.91 Å². The van der Waals surface area contributed by atoms with Gasteiger partial charge in [-0.25, -0.2) is 0 Å². The van der Waals surface area contributed by atoms with E-state index in [1.54, 1.807) is 6.07 Å². The van der Waals surface area contributed by atoms with Crippen LogP contribution >= 0.6 is 0 Å². The summed E-state index contributed by atoms with van der Waals surface area (Å²) in [6, 6.07) is 5.60. The molecule has 1 N–H and O–H groups in total. The number of benzene rings is 1. The Bertz CT molecular complexity index is 765. The van der Waals surface area contributed by atoms with Gasteiger partial charge in [0, 0.05) is 5.69 Å². The van der Waals surface area contributed by atoms with Crippen molar-refractivity contribution >= 4 is 29.4 Å². The number of carbonyl (C=O) groups excluding carboxylic acids is 4. The topological polar surface area (TPSA) is 92.8 Å². The first-order valence-electron chi connectivity index (χ1n) is 9.25. The first kappa shape index (κ1) is 19.1. The lowest BCUT2D eigenvalue weighted by atomic mass is 9.81. The zero-order chi connectivity index (χ0) is 19.6. The van der Waals surface area contributed by atoms with Crippen LogP contribution in [0.2, 0.25) is 0 Å². The average molecular weight is 372 g/mol. The number of fused-ring (bicyclic) bond motifs is 1. The molecule has 1 aliphatic heterocycles. The maximum Gasteiger partial charge on any atom is 0.326 e. The molecule has 0 bridgehead atoms. The second-order valence-corrected chi connectivity index (χ2v) is 7.29. The number of imide groups is 1. The first-order valence-corrected chi connectivity index (χ1v) is 9.25. The molecule has 3 rings (SSSR count). The van der Waals surface area contributed by atoms with Crippen molar-refractivity contribution < 1.29 is 23.9 Å². The van der Waals surface area contributed by atoms with Crippen molar-refractivity contribution in [2.24, 2.45) is 11.8 Å². The van der Waals surface area contributed by atoms with Crippen LogP contribution < -0.4 is 5.32 Å². The van der Waals surface area contributed by atoms with Crippen LogP contribution in [0.25, 0.3) is 0 Å². The molecule has 1 saturated carbocycles. The third-order valence-electron chi connectivity index (χ3n) is 5.24. The van der Waals surface area contributed by atoms with Crippen LogP contribution in [0.3, 0.4) is 0 Å². The van der Waals surface area contributed by atoms with Crippen LogP contribution in [0.1, 0.15) is 36.8 Å². The standard InChI is InChI=1S/C20H24N2O5/c1-12-7-8-16(13(2)9-12)21-17(23)11-27-18(24)10-22-19(25)14-5-3-4-6-15(14)20(22)26/h7-9,14-15H,3-6,10-11H2,1-2H3,(H,21,23). The lowest BCUT2D eigenvalue weighted by Gasteiger charge is -2.19. The van der Waals surface area contributed by atoms with Crippen LogP contribution in [-0.4, -0.2) is 41.7 Å². The molecule has 1 aliphatic carbocycles. The van der Waals surface area contributed by atoms with E-state index in [1.807, 2.05) is 26.0 Å². The number of nitrogens with one attached hydrogen (secondary N) is 1. The van der Waals surface area contributed by atoms with Crippen molar-refractivity contribution in [3.63, 3.8) is 0 Å². The van der Waals surface area contributed by atoms with Gasteiger partial charge in [0.05, 0.1) is 11.8 Å². The Morgan fingerprint density at radius 1 is 1.11 bits per heavy atom. The number of nitrogens with zero attached hydrogens (tertiary/aromatic N) is 1. The highest BCUT2D eigenvalue weighted by Gasteiger charge is 2.48. The Hall–Kier alpha value is -2.70. The second kappa shape index (κ2) is 7.90. The van der Waals surface area contributed by atoms with Gasteiger partial charge < -0.3 is 10.1 Å². The van der Waals surface area contributed by atoms with Crippen molar-refractivity contribution in [2.75, 3.05) is 18.5 Å². The molecule has 2 atom stereocenters. The third-order valence-corrected chi connectivity index (χ3v) is 5.24. The molecule has 1 aromatic rings. The largest absolute Gasteiger partial charge is 0.454 e. The molecule has 1 saturated heterocycles. The zero-order valence-electron chi connectivity index (χ0n) is 15.6. The molecule has 0 aromatic heterocycles. The van der Waals surface area contributed by atoms with Crippen LogP contribution in [0.4, 0.5) is 5.69 Å². The van der Waals surface area contributed by atoms with E-state index in [2.05, 4.69) is 5.32 Å². The number of aryl methyl sites for hydroxylation is 2. The number of hydrogen-bond acceptors (Lipinski definition) is 5. The van der Waals surface area contributed by atoms with Gasteiger partial charge in [-0.2, -0.15) is 0 Å². The molecule has 0 spiro atoms. The van der Waals surface area contributed by atoms with Crippen molar-refractivity contribution in [3.05, 3.63) is 29.3 Å². The summed E-state index contributed by atoms with van der Waals surface area (Å²) in [5, 5.41) is 2.68. The molecule has 2 unspecified atom stereocenters. The molecule has 1 heterocycles. The lowest BCUT2D eigenvalue weighted by molar-refractivity contribution is -0.154. The van der Waals surface area contributed by atoms with E-state index < -0.39 is 25.0 Å². The second-order valence-electron chi connectivity index (χ2n) is 7.29. The molecule has 3 amide bonds. The molecule has 0 radical (unpaired) electrons. The Balaban J connectivity index is 1.50. The van der Waals surface area contributed by atoms with E-state index in [0.717, 1.165) is 28.9 Å². The summed E-state index contributed by atoms with van der Waals surface area (Å²) >= 11 is 0. The van der Waals surface area contributed by atoms with Gasteiger partial charge in [0.1, 0.15) is 6.54 Å². The fourth-order valence-electron chi connectivity index (χ4n) is 3.85. The van der Waals surface area contributed by atoms with Crippen LogP contribution in [0, 0.1) is 25.7 Å². The number of anilines is 1. The quantitative estimate of drug-likeness (QED) is 0.630. The highest BCUT2D eigenvalue weighted by atomic mass is 16.5. The van der Waals surface area contributed by atoms with Crippen molar-refractivity contribution in [1.29, 1.82) is 0 Å². The highest BCUT2D eigenvalue weighted by molar-refractivity contribution is 6.07. The molecule has 1 aromatic carbocycles. The van der Waals surface area contributed by atoms with Gasteiger partial charge in [-0.05, 0) is 38.3 Å². The van der Waals surface area contributed by atoms with Crippen molar-refractivity contribution in [3.8, 4) is 0 Å². The van der Waals surface area contributed by atoms with Gasteiger partial charge >= 0.3 is 5.97 Å². The summed E-state index contributed by atoms with van der Waals surface area (Å²) < 4.78 is 4.95. The fourth-order valence-corrected chi connectivity index (χ4v) is 3.85. The first-order chi connectivity index (χ1) is 12.9. The smallest absolute Gasteiger partial charge is 0.326 e. The summed E-state index contributed by atoms with van der Waals surface area (Å²) in [4.78, 5) is 49.7. The predicted octanol–water partition coefficient (Wildman–Crippen LogP) is 1.96. The Morgan fingerprint density at radius 2 is 1.74 bits per heavy atom. The zero-order valence-corrected chi connectivity index (χ0v) is 15.6. The van der Waals surface area contributed by atoms with Gasteiger partial charge in [-0.15, -0.1) is 0 Å². The number of ether oxygens (including phenoxy) is 1. The lowest BCUT2D eigenvalue weighted by Crippen LogP contribution is -2.37. The van der Waals surface area contributed by atoms with Crippen molar-refractivity contribution in [2.45, 2.75) is 39.5 Å². The van der Waals surface area contributed by atoms with E-state index >= 15 is 0 Å². The van der Waals surface area contributed by atoms with E-state index in [4.69, 9.17) is 4.74 Å². The van der Waals surface area contributed by atoms with Gasteiger partial charge in [-0.3, -0.25) is 24.1 Å². The average Bonchev–Trinajstić information content (AvgIpc) is 2.88. The normalized spacial score (nSPS) is 21.8. The highest BCUT2D eigenvalue weighted by Crippen LogP contribution is 2.37. The predicted molar refractivity (Wildman–Crippen MR) is 97.7 cm³/mol. The number of amides is 3. The number of hydrogen-bond donors (Lipinski definition) is 1. The third kappa shape index (κ3) is 4.18. The molecule has 7 nitrogen and oxygen atoms in total. The van der Waals surface area contributed by atoms with E-state index in [0.29, 0.717) is 18.5 Å². The van der Waals surface area contributed by atoms with Crippen LogP contribution in [0.15, 0.2) is 18.2 Å². The summed E-state index contributed by atoms with van der Waals surface area (Å²) in [7, 11) is 0. The van der Waals surface area contributed by atoms with E-state index in [9.17, 15) is 19.2 Å². The molecular formula is C20H24N2O5. The Morgan fingerprint density at radius 3 is 2.33 bits per heavy atom. The Labute approximate surface area is 158 Å². The SMILES string of the molecule is Cc1ccc(NC(=O)COC(=O)CN2C(=O)C3CCCCC3C2=O)c(C)c1. The minimum Gasteiger partial charge on any atom is -0.454 e. The minimum atomic E-state index is -0.758. The summed E-state index contributed by atoms with van der Waals surface area (Å²) in [6.07, 6.45) is 3.24. The molecule has 144 valence electrons. The number of likely N-dealkylation sites (tertiary alicyclic amines) is 1. The maximum atomic E-state index is 12.3. The fraction of sp³-hybridized carbons (Fsp3) is 0.500. The molecular weight excluding hydrogens is 348 g/mol. The Kier molecular flexibility index (Phi) is 5.58. The molecule has 7 heteroatoms. The number of esters is 1. The van der Waals surface area contributed by atoms with Crippen molar-refractivity contribution in [1.82, 2.24) is 4.90 Å². The van der Waals surface area contributed by atoms with E-state index in [1.165, 1.54) is 0 Å². The van der Waals surface area contributed by atoms with Gasteiger partial charge in [0.2, 0.25) is 11.8 Å². The van der Waals surface area contributed by atoms with Gasteiger partial charge in [-0.1, -0.05) is 30.5 Å². The molecule has 2 fully saturated rings. The van der Waals surface area contributed by atoms with E-state index in [-0.39, 0.29) is 23.7 Å². The van der Waals surface area contributed by atoms with Crippen LogP contribution in [-0.2, 0) is 23.9 Å². The number of carbonyl (C=O) groups is 4. The summed E-state index contributed by atoms with van der Waals surface area (Å²) in [6.45, 7) is 2.94. The monoisotopic (exact) mass is 372 g/mol. The maximum absolute atomic E-state index is 12.3.